The van der Waals surface area contributed by atoms with E-state index in [2.05, 4.69) is 29.2 Å². The maximum Gasteiger partial charge on any atom is 0.265 e. The van der Waals surface area contributed by atoms with E-state index in [0.717, 1.165) is 12.2 Å². The summed E-state index contributed by atoms with van der Waals surface area (Å²) in [5.41, 5.74) is 1.28. The lowest BCUT2D eigenvalue weighted by atomic mass is 10.2. The normalized spacial score (nSPS) is 10.9. The highest BCUT2D eigenvalue weighted by Crippen LogP contribution is 2.16. The van der Waals surface area contributed by atoms with Crippen molar-refractivity contribution < 1.29 is 9.26 Å². The molecule has 5 heteroatoms. The maximum atomic E-state index is 5.77. The van der Waals surface area contributed by atoms with Crippen LogP contribution < -0.4 is 9.64 Å². The van der Waals surface area contributed by atoms with Crippen LogP contribution in [0.3, 0.4) is 0 Å². The Kier molecular flexibility index (Phi) is 5.20. The van der Waals surface area contributed by atoms with Crippen molar-refractivity contribution in [1.82, 2.24) is 10.1 Å². The second kappa shape index (κ2) is 7.11. The van der Waals surface area contributed by atoms with E-state index in [4.69, 9.17) is 9.26 Å². The topological polar surface area (TPSA) is 51.4 Å². The molecule has 0 radical (unpaired) electrons. The van der Waals surface area contributed by atoms with Crippen molar-refractivity contribution in [3.8, 4) is 5.75 Å². The fourth-order valence-corrected chi connectivity index (χ4v) is 1.87. The molecule has 0 atom stereocenters. The second-order valence-electron chi connectivity index (χ2n) is 5.36. The quantitative estimate of drug-likeness (QED) is 0.783. The molecule has 0 N–H and O–H groups in total. The Morgan fingerprint density at radius 3 is 2.81 bits per heavy atom. The molecule has 0 aliphatic carbocycles. The van der Waals surface area contributed by atoms with E-state index in [0.29, 0.717) is 25.0 Å². The summed E-state index contributed by atoms with van der Waals surface area (Å²) in [6, 6.07) is 8.17. The van der Waals surface area contributed by atoms with E-state index >= 15 is 0 Å². The van der Waals surface area contributed by atoms with E-state index < -0.39 is 0 Å². The molecule has 0 saturated heterocycles. The first-order valence-electron chi connectivity index (χ1n) is 7.36. The Morgan fingerprint density at radius 2 is 2.14 bits per heavy atom. The van der Waals surface area contributed by atoms with Gasteiger partial charge in [-0.2, -0.15) is 4.98 Å². The monoisotopic (exact) mass is 289 g/mol. The number of likely N-dealkylation sites (N-methyl/N-ethyl adjacent to an activating group) is 1. The van der Waals surface area contributed by atoms with Crippen LogP contribution in [-0.4, -0.2) is 30.3 Å². The Bertz CT molecular complexity index is 566. The molecule has 0 bridgehead atoms. The van der Waals surface area contributed by atoms with Gasteiger partial charge in [0.1, 0.15) is 12.4 Å². The van der Waals surface area contributed by atoms with Crippen molar-refractivity contribution in [3.05, 3.63) is 35.7 Å². The van der Waals surface area contributed by atoms with E-state index in [1.807, 2.05) is 37.9 Å². The summed E-state index contributed by atoms with van der Waals surface area (Å²) in [6.45, 7) is 7.47. The minimum Gasteiger partial charge on any atom is -0.492 e. The van der Waals surface area contributed by atoms with Crippen molar-refractivity contribution in [1.29, 1.82) is 0 Å². The first kappa shape index (κ1) is 15.4. The highest BCUT2D eigenvalue weighted by Gasteiger charge is 2.12. The fraction of sp³-hybridized carbons (Fsp3) is 0.500. The number of ether oxygens (including phenoxy) is 1. The van der Waals surface area contributed by atoms with Gasteiger partial charge in [-0.15, -0.1) is 0 Å². The highest BCUT2D eigenvalue weighted by molar-refractivity contribution is 5.29. The van der Waals surface area contributed by atoms with Crippen LogP contribution in [0.25, 0.3) is 0 Å². The first-order valence-corrected chi connectivity index (χ1v) is 7.36. The van der Waals surface area contributed by atoms with Crippen molar-refractivity contribution in [2.45, 2.75) is 33.1 Å². The molecule has 0 saturated carbocycles. The molecule has 114 valence electrons. The Balaban J connectivity index is 1.84. The SMILES string of the molecule is CCc1cccc(OCCN(C)c2noc(C(C)C)n2)c1. The minimum atomic E-state index is 0.243. The van der Waals surface area contributed by atoms with Crippen LogP contribution in [0, 0.1) is 0 Å². The number of benzene rings is 1. The number of aromatic nitrogens is 2. The van der Waals surface area contributed by atoms with Gasteiger partial charge in [0.2, 0.25) is 5.89 Å². The van der Waals surface area contributed by atoms with Crippen LogP contribution in [0.15, 0.2) is 28.8 Å². The van der Waals surface area contributed by atoms with Crippen LogP contribution in [0.5, 0.6) is 5.75 Å². The number of aryl methyl sites for hydroxylation is 1. The van der Waals surface area contributed by atoms with E-state index in [9.17, 15) is 0 Å². The lowest BCUT2D eigenvalue weighted by Gasteiger charge is -2.14. The van der Waals surface area contributed by atoms with Gasteiger partial charge in [0.15, 0.2) is 0 Å². The summed E-state index contributed by atoms with van der Waals surface area (Å²) in [4.78, 5) is 6.28. The Hall–Kier alpha value is -2.04. The first-order chi connectivity index (χ1) is 10.1. The van der Waals surface area contributed by atoms with Gasteiger partial charge in [-0.25, -0.2) is 0 Å². The molecule has 0 spiro atoms. The Labute approximate surface area is 125 Å². The molecule has 0 unspecified atom stereocenters. The second-order valence-corrected chi connectivity index (χ2v) is 5.36. The van der Waals surface area contributed by atoms with Crippen molar-refractivity contribution in [3.63, 3.8) is 0 Å². The summed E-state index contributed by atoms with van der Waals surface area (Å²) in [6.07, 6.45) is 1.01. The number of nitrogens with zero attached hydrogens (tertiary/aromatic N) is 3. The van der Waals surface area contributed by atoms with Crippen molar-refractivity contribution in [2.24, 2.45) is 0 Å². The van der Waals surface area contributed by atoms with Crippen LogP contribution in [-0.2, 0) is 6.42 Å². The summed E-state index contributed by atoms with van der Waals surface area (Å²) in [7, 11) is 1.93. The summed E-state index contributed by atoms with van der Waals surface area (Å²) >= 11 is 0. The van der Waals surface area contributed by atoms with Gasteiger partial charge < -0.3 is 14.2 Å². The largest absolute Gasteiger partial charge is 0.492 e. The molecule has 5 nitrogen and oxygen atoms in total. The van der Waals surface area contributed by atoms with Gasteiger partial charge >= 0.3 is 0 Å². The number of hydrogen-bond acceptors (Lipinski definition) is 5. The standard InChI is InChI=1S/C16H23N3O2/c1-5-13-7-6-8-14(11-13)20-10-9-19(4)16-17-15(12(2)3)21-18-16/h6-8,11-12H,5,9-10H2,1-4H3. The summed E-state index contributed by atoms with van der Waals surface area (Å²) in [5.74, 6) is 2.41. The number of hydrogen-bond donors (Lipinski definition) is 0. The van der Waals surface area contributed by atoms with E-state index in [1.54, 1.807) is 0 Å². The Morgan fingerprint density at radius 1 is 1.33 bits per heavy atom. The number of anilines is 1. The zero-order valence-corrected chi connectivity index (χ0v) is 13.2. The molecular formula is C16H23N3O2. The molecule has 0 aliphatic rings. The van der Waals surface area contributed by atoms with Crippen LogP contribution >= 0.6 is 0 Å². The molecule has 1 aromatic heterocycles. The highest BCUT2D eigenvalue weighted by atomic mass is 16.5. The fourth-order valence-electron chi connectivity index (χ4n) is 1.87. The molecule has 0 amide bonds. The van der Waals surface area contributed by atoms with Gasteiger partial charge in [0, 0.05) is 13.0 Å². The summed E-state index contributed by atoms with van der Waals surface area (Å²) < 4.78 is 11.0. The maximum absolute atomic E-state index is 5.77. The third-order valence-electron chi connectivity index (χ3n) is 3.27. The van der Waals surface area contributed by atoms with Crippen LogP contribution in [0.1, 0.15) is 38.1 Å². The van der Waals surface area contributed by atoms with Gasteiger partial charge in [-0.1, -0.05) is 32.9 Å². The molecule has 2 rings (SSSR count). The molecule has 0 aliphatic heterocycles. The molecule has 1 heterocycles. The van der Waals surface area contributed by atoms with Crippen molar-refractivity contribution in [2.75, 3.05) is 25.1 Å². The van der Waals surface area contributed by atoms with Gasteiger partial charge in [-0.05, 0) is 29.3 Å². The predicted molar refractivity (Wildman–Crippen MR) is 83.0 cm³/mol. The lowest BCUT2D eigenvalue weighted by molar-refractivity contribution is 0.324. The van der Waals surface area contributed by atoms with Crippen molar-refractivity contribution >= 4 is 5.95 Å². The van der Waals surface area contributed by atoms with E-state index in [-0.39, 0.29) is 5.92 Å². The third-order valence-corrected chi connectivity index (χ3v) is 3.27. The molecule has 21 heavy (non-hydrogen) atoms. The van der Waals surface area contributed by atoms with Gasteiger partial charge in [0.25, 0.3) is 5.95 Å². The number of rotatable bonds is 7. The van der Waals surface area contributed by atoms with Gasteiger partial charge in [-0.3, -0.25) is 0 Å². The van der Waals surface area contributed by atoms with Crippen LogP contribution in [0.4, 0.5) is 5.95 Å². The average molecular weight is 289 g/mol. The zero-order chi connectivity index (χ0) is 15.2. The minimum absolute atomic E-state index is 0.243. The molecule has 0 fully saturated rings. The molecule has 1 aromatic carbocycles. The van der Waals surface area contributed by atoms with Crippen LogP contribution in [0.2, 0.25) is 0 Å². The average Bonchev–Trinajstić information content (AvgIpc) is 2.97. The lowest BCUT2D eigenvalue weighted by Crippen LogP contribution is -2.24. The molecular weight excluding hydrogens is 266 g/mol. The predicted octanol–water partition coefficient (Wildman–Crippen LogP) is 3.27. The smallest absolute Gasteiger partial charge is 0.265 e. The molecule has 2 aromatic rings. The summed E-state index contributed by atoms with van der Waals surface area (Å²) in [5, 5.41) is 3.97. The zero-order valence-electron chi connectivity index (χ0n) is 13.2. The van der Waals surface area contributed by atoms with Gasteiger partial charge in [0.05, 0.1) is 6.54 Å². The third kappa shape index (κ3) is 4.21. The van der Waals surface area contributed by atoms with E-state index in [1.165, 1.54) is 5.56 Å².